The molecule has 3 aliphatic heterocycles. The van der Waals surface area contributed by atoms with Crippen molar-refractivity contribution in [3.63, 3.8) is 0 Å². The molecule has 1 amide bonds. The second-order valence-corrected chi connectivity index (χ2v) is 7.30. The molecule has 2 aromatic rings. The molecule has 0 radical (unpaired) electrons. The highest BCUT2D eigenvalue weighted by atomic mass is 16.7. The molecule has 0 aliphatic carbocycles. The Labute approximate surface area is 163 Å². The Morgan fingerprint density at radius 1 is 0.964 bits per heavy atom. The second-order valence-electron chi connectivity index (χ2n) is 7.30. The molecule has 7 nitrogen and oxygen atoms in total. The van der Waals surface area contributed by atoms with Crippen LogP contribution in [0.25, 0.3) is 0 Å². The molecule has 0 unspecified atom stereocenters. The lowest BCUT2D eigenvalue weighted by atomic mass is 10.1. The largest absolute Gasteiger partial charge is 0.485 e. The van der Waals surface area contributed by atoms with E-state index in [4.69, 9.17) is 18.9 Å². The summed E-state index contributed by atoms with van der Waals surface area (Å²) in [7, 11) is 0. The van der Waals surface area contributed by atoms with Crippen molar-refractivity contribution < 1.29 is 28.6 Å². The zero-order valence-corrected chi connectivity index (χ0v) is 15.6. The van der Waals surface area contributed by atoms with Gasteiger partial charge in [0, 0.05) is 5.56 Å². The molecule has 5 rings (SSSR count). The van der Waals surface area contributed by atoms with Crippen LogP contribution in [0.5, 0.6) is 23.0 Å². The molecule has 3 heterocycles. The van der Waals surface area contributed by atoms with E-state index in [0.29, 0.717) is 18.3 Å². The third-order valence-electron chi connectivity index (χ3n) is 5.46. The minimum Gasteiger partial charge on any atom is -0.485 e. The summed E-state index contributed by atoms with van der Waals surface area (Å²) in [5, 5.41) is 0. The van der Waals surface area contributed by atoms with Crippen molar-refractivity contribution in [3.05, 3.63) is 48.0 Å². The maximum Gasteiger partial charge on any atom is 0.267 e. The lowest BCUT2D eigenvalue weighted by Crippen LogP contribution is -3.13. The number of hydrogen-bond acceptors (Lipinski definition) is 5. The van der Waals surface area contributed by atoms with Gasteiger partial charge in [-0.2, -0.15) is 0 Å². The average Bonchev–Trinajstić information content (AvgIpc) is 3.21. The fraction of sp³-hybridized carbons (Fsp3) is 0.381. The molecule has 3 aliphatic rings. The Hall–Kier alpha value is -2.93. The summed E-state index contributed by atoms with van der Waals surface area (Å²) in [4.78, 5) is 16.2. The van der Waals surface area contributed by atoms with Gasteiger partial charge in [0.25, 0.3) is 5.91 Å². The van der Waals surface area contributed by atoms with Gasteiger partial charge in [0.15, 0.2) is 23.0 Å². The van der Waals surface area contributed by atoms with Gasteiger partial charge < -0.3 is 28.7 Å². The number of piperazine rings is 1. The quantitative estimate of drug-likeness (QED) is 0.836. The number of rotatable bonds is 3. The van der Waals surface area contributed by atoms with Crippen LogP contribution in [0.1, 0.15) is 5.56 Å². The molecule has 1 N–H and O–H groups in total. The van der Waals surface area contributed by atoms with Crippen molar-refractivity contribution in [2.75, 3.05) is 39.6 Å². The van der Waals surface area contributed by atoms with Crippen LogP contribution in [0.2, 0.25) is 0 Å². The molecule has 0 spiro atoms. The van der Waals surface area contributed by atoms with Crippen LogP contribution in [0.15, 0.2) is 42.5 Å². The summed E-state index contributed by atoms with van der Waals surface area (Å²) >= 11 is 0. The van der Waals surface area contributed by atoms with Gasteiger partial charge in [-0.25, -0.2) is 0 Å². The number of quaternary nitrogens is 1. The normalized spacial score (nSPS) is 20.9. The fourth-order valence-corrected chi connectivity index (χ4v) is 3.90. The highest BCUT2D eigenvalue weighted by Gasteiger charge is 2.33. The number of benzene rings is 2. The third-order valence-corrected chi connectivity index (χ3v) is 5.46. The van der Waals surface area contributed by atoms with Gasteiger partial charge in [-0.05, 0) is 30.3 Å². The first kappa shape index (κ1) is 17.2. The molecule has 1 saturated heterocycles. The van der Waals surface area contributed by atoms with E-state index in [-0.39, 0.29) is 12.5 Å². The summed E-state index contributed by atoms with van der Waals surface area (Å²) in [5.41, 5.74) is 1.22. The lowest BCUT2D eigenvalue weighted by molar-refractivity contribution is -0.917. The summed E-state index contributed by atoms with van der Waals surface area (Å²) in [5.74, 6) is 2.98. The summed E-state index contributed by atoms with van der Waals surface area (Å²) in [6.45, 7) is 4.73. The molecular weight excluding hydrogens is 360 g/mol. The van der Waals surface area contributed by atoms with E-state index < -0.39 is 6.10 Å². The molecule has 1 fully saturated rings. The zero-order valence-electron chi connectivity index (χ0n) is 15.6. The predicted octanol–water partition coefficient (Wildman–Crippen LogP) is 0.482. The fourth-order valence-electron chi connectivity index (χ4n) is 3.90. The molecule has 28 heavy (non-hydrogen) atoms. The van der Waals surface area contributed by atoms with Gasteiger partial charge in [-0.3, -0.25) is 4.79 Å². The van der Waals surface area contributed by atoms with E-state index in [9.17, 15) is 4.79 Å². The topological polar surface area (TPSA) is 61.7 Å². The van der Waals surface area contributed by atoms with Gasteiger partial charge >= 0.3 is 0 Å². The van der Waals surface area contributed by atoms with E-state index in [0.717, 1.165) is 44.2 Å². The van der Waals surface area contributed by atoms with Crippen LogP contribution >= 0.6 is 0 Å². The van der Waals surface area contributed by atoms with Crippen molar-refractivity contribution in [3.8, 4) is 23.0 Å². The first-order valence-electron chi connectivity index (χ1n) is 9.65. The Bertz CT molecular complexity index is 879. The number of fused-ring (bicyclic) bond motifs is 2. The van der Waals surface area contributed by atoms with Crippen LogP contribution in [-0.2, 0) is 11.3 Å². The molecule has 2 aromatic carbocycles. The van der Waals surface area contributed by atoms with Crippen LogP contribution in [0.4, 0.5) is 0 Å². The van der Waals surface area contributed by atoms with Crippen molar-refractivity contribution in [1.82, 2.24) is 4.90 Å². The number of ether oxygens (including phenoxy) is 4. The number of para-hydroxylation sites is 2. The number of hydrogen-bond donors (Lipinski definition) is 1. The zero-order chi connectivity index (χ0) is 18.9. The van der Waals surface area contributed by atoms with Gasteiger partial charge in [0.2, 0.25) is 12.9 Å². The van der Waals surface area contributed by atoms with Crippen molar-refractivity contribution in [2.45, 2.75) is 12.6 Å². The Kier molecular flexibility index (Phi) is 4.44. The SMILES string of the molecule is O=C([C@@H]1COc2ccccc2O1)N1CC[NH+](Cc2ccc3c(c2)OCO3)CC1. The van der Waals surface area contributed by atoms with Crippen molar-refractivity contribution >= 4 is 5.91 Å². The summed E-state index contributed by atoms with van der Waals surface area (Å²) < 4.78 is 22.4. The monoisotopic (exact) mass is 383 g/mol. The minimum absolute atomic E-state index is 0.0108. The maximum absolute atomic E-state index is 12.8. The van der Waals surface area contributed by atoms with Gasteiger partial charge in [0.05, 0.1) is 26.2 Å². The summed E-state index contributed by atoms with van der Waals surface area (Å²) in [6.07, 6.45) is -0.565. The Morgan fingerprint density at radius 2 is 1.71 bits per heavy atom. The number of amides is 1. The molecule has 0 saturated carbocycles. The van der Waals surface area contributed by atoms with Crippen LogP contribution in [0.3, 0.4) is 0 Å². The first-order valence-corrected chi connectivity index (χ1v) is 9.65. The van der Waals surface area contributed by atoms with E-state index in [2.05, 4.69) is 12.1 Å². The highest BCUT2D eigenvalue weighted by molar-refractivity contribution is 5.82. The van der Waals surface area contributed by atoms with E-state index >= 15 is 0 Å². The molecule has 0 aromatic heterocycles. The number of carbonyl (C=O) groups is 1. The van der Waals surface area contributed by atoms with Gasteiger partial charge in [-0.15, -0.1) is 0 Å². The smallest absolute Gasteiger partial charge is 0.267 e. The standard InChI is InChI=1S/C21H22N2O5/c24-21(20-13-25-16-3-1-2-4-18(16)28-20)23-9-7-22(8-10-23)12-15-5-6-17-19(11-15)27-14-26-17/h1-6,11,20H,7-10,12-14H2/p+1/t20-/m0/s1. The molecular formula is C21H23N2O5+. The van der Waals surface area contributed by atoms with Gasteiger partial charge in [0.1, 0.15) is 13.2 Å². The Morgan fingerprint density at radius 3 is 2.57 bits per heavy atom. The number of nitrogens with zero attached hydrogens (tertiary/aromatic N) is 1. The average molecular weight is 383 g/mol. The molecule has 0 bridgehead atoms. The van der Waals surface area contributed by atoms with Crippen LogP contribution in [-0.4, -0.2) is 56.5 Å². The molecule has 7 heteroatoms. The van der Waals surface area contributed by atoms with Crippen molar-refractivity contribution in [1.29, 1.82) is 0 Å². The van der Waals surface area contributed by atoms with Crippen LogP contribution < -0.4 is 23.8 Å². The predicted molar refractivity (Wildman–Crippen MR) is 99.9 cm³/mol. The second kappa shape index (κ2) is 7.24. The number of nitrogens with one attached hydrogen (secondary N) is 1. The van der Waals surface area contributed by atoms with Gasteiger partial charge in [-0.1, -0.05) is 12.1 Å². The highest BCUT2D eigenvalue weighted by Crippen LogP contribution is 2.32. The molecule has 1 atom stereocenters. The van der Waals surface area contributed by atoms with E-state index in [1.165, 1.54) is 10.5 Å². The molecule has 146 valence electrons. The summed E-state index contributed by atoms with van der Waals surface area (Å²) in [6, 6.07) is 13.6. The minimum atomic E-state index is -0.565. The van der Waals surface area contributed by atoms with E-state index in [1.807, 2.05) is 35.2 Å². The Balaban J connectivity index is 1.15. The maximum atomic E-state index is 12.8. The van der Waals surface area contributed by atoms with Crippen LogP contribution in [0, 0.1) is 0 Å². The lowest BCUT2D eigenvalue weighted by Gasteiger charge is -2.35. The van der Waals surface area contributed by atoms with E-state index in [1.54, 1.807) is 0 Å². The first-order chi connectivity index (χ1) is 13.8. The number of carbonyl (C=O) groups excluding carboxylic acids is 1. The van der Waals surface area contributed by atoms with Crippen molar-refractivity contribution in [2.24, 2.45) is 0 Å². The third kappa shape index (κ3) is 3.33.